The van der Waals surface area contributed by atoms with Crippen LogP contribution in [0.1, 0.15) is 31.4 Å². The molecule has 104 valence electrons. The Balaban J connectivity index is 1.91. The Morgan fingerprint density at radius 3 is 3.05 bits per heavy atom. The molecule has 2 fully saturated rings. The molecule has 1 aromatic rings. The molecule has 0 spiro atoms. The van der Waals surface area contributed by atoms with E-state index in [-0.39, 0.29) is 24.2 Å². The lowest BCUT2D eigenvalue weighted by atomic mass is 9.86. The molecule has 3 rings (SSSR count). The summed E-state index contributed by atoms with van der Waals surface area (Å²) in [7, 11) is 0. The smallest absolute Gasteiger partial charge is 0.245 e. The summed E-state index contributed by atoms with van der Waals surface area (Å²) in [5, 5.41) is 12.6. The second kappa shape index (κ2) is 4.57. The van der Waals surface area contributed by atoms with Gasteiger partial charge in [-0.25, -0.2) is 9.40 Å². The lowest BCUT2D eigenvalue weighted by Crippen LogP contribution is -2.36. The molecule has 1 amide bonds. The second-order valence-electron chi connectivity index (χ2n) is 5.79. The molecule has 2 saturated heterocycles. The Bertz CT molecular complexity index is 597. The molecule has 0 aromatic heterocycles. The van der Waals surface area contributed by atoms with Crippen LogP contribution in [0.4, 0.5) is 4.39 Å². The molecule has 0 aliphatic carbocycles. The molecule has 2 aliphatic heterocycles. The first-order valence-corrected chi connectivity index (χ1v) is 6.76. The van der Waals surface area contributed by atoms with Gasteiger partial charge in [0, 0.05) is 13.1 Å². The maximum Gasteiger partial charge on any atom is 0.245 e. The van der Waals surface area contributed by atoms with Gasteiger partial charge in [-0.1, -0.05) is 12.1 Å². The van der Waals surface area contributed by atoms with Gasteiger partial charge >= 0.3 is 0 Å². The van der Waals surface area contributed by atoms with Gasteiger partial charge in [-0.05, 0) is 31.0 Å². The van der Waals surface area contributed by atoms with Crippen molar-refractivity contribution in [1.82, 2.24) is 10.0 Å². The van der Waals surface area contributed by atoms with Crippen molar-refractivity contribution in [2.24, 2.45) is 5.41 Å². The number of hydrogen-bond acceptors (Lipinski definition) is 3. The molecule has 0 radical (unpaired) electrons. The highest BCUT2D eigenvalue weighted by Crippen LogP contribution is 2.43. The van der Waals surface area contributed by atoms with Crippen LogP contribution in [0.5, 0.6) is 0 Å². The van der Waals surface area contributed by atoms with E-state index in [9.17, 15) is 9.18 Å². The van der Waals surface area contributed by atoms with Crippen LogP contribution < -0.4 is 0 Å². The van der Waals surface area contributed by atoms with Crippen molar-refractivity contribution in [2.75, 3.05) is 13.1 Å². The van der Waals surface area contributed by atoms with Crippen molar-refractivity contribution >= 4 is 5.91 Å². The monoisotopic (exact) mass is 273 g/mol. The first-order valence-electron chi connectivity index (χ1n) is 6.76. The lowest BCUT2D eigenvalue weighted by Gasteiger charge is -2.26. The van der Waals surface area contributed by atoms with Crippen LogP contribution >= 0.6 is 0 Å². The highest BCUT2D eigenvalue weighted by molar-refractivity contribution is 5.85. The summed E-state index contributed by atoms with van der Waals surface area (Å²) in [5.74, 6) is -0.307. The van der Waals surface area contributed by atoms with Crippen molar-refractivity contribution in [1.29, 1.82) is 5.26 Å². The van der Waals surface area contributed by atoms with Gasteiger partial charge in [0.2, 0.25) is 5.91 Å². The number of carbonyl (C=O) groups excluding carboxylic acids is 1. The third-order valence-corrected chi connectivity index (χ3v) is 4.22. The summed E-state index contributed by atoms with van der Waals surface area (Å²) in [4.78, 5) is 12.6. The fraction of sp³-hybridized carbons (Fsp3) is 0.467. The van der Waals surface area contributed by atoms with Crippen molar-refractivity contribution in [3.8, 4) is 6.07 Å². The van der Waals surface area contributed by atoms with Gasteiger partial charge in [-0.3, -0.25) is 9.80 Å². The summed E-state index contributed by atoms with van der Waals surface area (Å²) in [6, 6.07) is 8.40. The number of carbonyl (C=O) groups is 1. The van der Waals surface area contributed by atoms with Crippen molar-refractivity contribution in [3.63, 3.8) is 0 Å². The molecule has 5 heteroatoms. The van der Waals surface area contributed by atoms with Crippen molar-refractivity contribution in [2.45, 2.75) is 25.8 Å². The van der Waals surface area contributed by atoms with Gasteiger partial charge in [-0.2, -0.15) is 5.26 Å². The zero-order valence-electron chi connectivity index (χ0n) is 11.3. The number of fused-ring (bicyclic) bond motifs is 1. The van der Waals surface area contributed by atoms with Gasteiger partial charge < -0.3 is 0 Å². The summed E-state index contributed by atoms with van der Waals surface area (Å²) >= 11 is 0. The minimum atomic E-state index is -0.638. The van der Waals surface area contributed by atoms with E-state index >= 15 is 0 Å². The predicted octanol–water partition coefficient (Wildman–Crippen LogP) is 2.25. The molecule has 0 N–H and O–H groups in total. The maximum absolute atomic E-state index is 13.4. The number of hydrogen-bond donors (Lipinski definition) is 0. The predicted molar refractivity (Wildman–Crippen MR) is 70.5 cm³/mol. The van der Waals surface area contributed by atoms with Crippen LogP contribution in [0.15, 0.2) is 24.3 Å². The van der Waals surface area contributed by atoms with E-state index in [2.05, 4.69) is 6.07 Å². The molecule has 2 heterocycles. The second-order valence-corrected chi connectivity index (χ2v) is 5.79. The van der Waals surface area contributed by atoms with Crippen molar-refractivity contribution < 1.29 is 9.18 Å². The molecule has 0 bridgehead atoms. The summed E-state index contributed by atoms with van der Waals surface area (Å²) in [6.07, 6.45) is 1.02. The first-order chi connectivity index (χ1) is 9.55. The number of benzene rings is 1. The molecule has 1 unspecified atom stereocenters. The fourth-order valence-electron chi connectivity index (χ4n) is 3.20. The van der Waals surface area contributed by atoms with E-state index in [0.29, 0.717) is 6.54 Å². The largest absolute Gasteiger partial charge is 0.273 e. The van der Waals surface area contributed by atoms with Crippen LogP contribution in [-0.2, 0) is 4.79 Å². The van der Waals surface area contributed by atoms with E-state index in [1.54, 1.807) is 11.1 Å². The van der Waals surface area contributed by atoms with Crippen LogP contribution in [0.25, 0.3) is 0 Å². The standard InChI is InChI=1S/C15H16FN3O/c1-15(6-7-17)10-18-8-5-13(19(18)14(15)20)11-3-2-4-12(16)9-11/h2-4,9,13H,5-6,8,10H2,1H3/t13-,15?/m1/s1. The van der Waals surface area contributed by atoms with Gasteiger partial charge in [0.25, 0.3) is 0 Å². The molecule has 0 saturated carbocycles. The number of nitriles is 1. The van der Waals surface area contributed by atoms with E-state index in [0.717, 1.165) is 18.5 Å². The molecular formula is C15H16FN3O. The van der Waals surface area contributed by atoms with Gasteiger partial charge in [0.1, 0.15) is 5.82 Å². The SMILES string of the molecule is CC1(CC#N)CN2CC[C@H](c3cccc(F)c3)N2C1=O. The summed E-state index contributed by atoms with van der Waals surface area (Å²) in [5.41, 5.74) is 0.183. The number of nitrogens with zero attached hydrogens (tertiary/aromatic N) is 3. The quantitative estimate of drug-likeness (QED) is 0.830. The van der Waals surface area contributed by atoms with Crippen LogP contribution in [0.3, 0.4) is 0 Å². The Kier molecular flexibility index (Phi) is 2.98. The number of hydrazine groups is 1. The molecule has 20 heavy (non-hydrogen) atoms. The zero-order chi connectivity index (χ0) is 14.3. The number of rotatable bonds is 2. The van der Waals surface area contributed by atoms with E-state index in [1.165, 1.54) is 12.1 Å². The third kappa shape index (κ3) is 1.88. The third-order valence-electron chi connectivity index (χ3n) is 4.22. The molecule has 2 aliphatic rings. The van der Waals surface area contributed by atoms with E-state index in [1.807, 2.05) is 18.0 Å². The molecular weight excluding hydrogens is 257 g/mol. The maximum atomic E-state index is 13.4. The normalized spacial score (nSPS) is 29.6. The minimum Gasteiger partial charge on any atom is -0.273 e. The number of halogens is 1. The highest BCUT2D eigenvalue weighted by atomic mass is 19.1. The average molecular weight is 273 g/mol. The highest BCUT2D eigenvalue weighted by Gasteiger charge is 2.52. The van der Waals surface area contributed by atoms with Gasteiger partial charge in [0.05, 0.1) is 23.9 Å². The molecule has 4 nitrogen and oxygen atoms in total. The van der Waals surface area contributed by atoms with Gasteiger partial charge in [0.15, 0.2) is 0 Å². The van der Waals surface area contributed by atoms with Crippen LogP contribution in [0.2, 0.25) is 0 Å². The molecule has 1 aromatic carbocycles. The van der Waals surface area contributed by atoms with Crippen LogP contribution in [-0.4, -0.2) is 29.0 Å². The Labute approximate surface area is 117 Å². The Hall–Kier alpha value is -1.93. The minimum absolute atomic E-state index is 0.0224. The Morgan fingerprint density at radius 2 is 2.35 bits per heavy atom. The van der Waals surface area contributed by atoms with Crippen LogP contribution in [0, 0.1) is 22.6 Å². The summed E-state index contributed by atoms with van der Waals surface area (Å²) in [6.45, 7) is 3.18. The lowest BCUT2D eigenvalue weighted by molar-refractivity contribution is -0.142. The van der Waals surface area contributed by atoms with E-state index in [4.69, 9.17) is 5.26 Å². The molecule has 2 atom stereocenters. The Morgan fingerprint density at radius 1 is 1.55 bits per heavy atom. The first kappa shape index (κ1) is 13.1. The zero-order valence-corrected chi connectivity index (χ0v) is 11.3. The van der Waals surface area contributed by atoms with E-state index < -0.39 is 5.41 Å². The van der Waals surface area contributed by atoms with Crippen molar-refractivity contribution in [3.05, 3.63) is 35.6 Å². The topological polar surface area (TPSA) is 47.3 Å². The number of amides is 1. The fourth-order valence-corrected chi connectivity index (χ4v) is 3.20. The summed E-state index contributed by atoms with van der Waals surface area (Å²) < 4.78 is 13.4. The van der Waals surface area contributed by atoms with Gasteiger partial charge in [-0.15, -0.1) is 0 Å². The average Bonchev–Trinajstić information content (AvgIpc) is 2.90.